The zero-order chi connectivity index (χ0) is 47.3. The van der Waals surface area contributed by atoms with Crippen LogP contribution in [0.15, 0.2) is 151 Å². The summed E-state index contributed by atoms with van der Waals surface area (Å²) in [5, 5.41) is 2.57. The molecular weight excluding hydrogens is 810 g/mol. The van der Waals surface area contributed by atoms with E-state index in [2.05, 4.69) is 257 Å². The second-order valence-electron chi connectivity index (χ2n) is 24.4. The Kier molecular flexibility index (Phi) is 9.30. The van der Waals surface area contributed by atoms with Crippen molar-refractivity contribution < 1.29 is 0 Å². The van der Waals surface area contributed by atoms with Gasteiger partial charge in [0, 0.05) is 50.2 Å². The van der Waals surface area contributed by atoms with Crippen LogP contribution in [0.25, 0.3) is 33.1 Å². The summed E-state index contributed by atoms with van der Waals surface area (Å²) in [6.07, 6.45) is 0. The molecule has 1 aliphatic carbocycles. The molecule has 1 aromatic heterocycles. The van der Waals surface area contributed by atoms with Crippen LogP contribution in [0.5, 0.6) is 0 Å². The molecule has 0 spiro atoms. The van der Waals surface area contributed by atoms with E-state index in [1.54, 1.807) is 0 Å². The number of aromatic nitrogens is 1. The van der Waals surface area contributed by atoms with Gasteiger partial charge in [0.05, 0.1) is 16.7 Å². The molecule has 0 bridgehead atoms. The number of hydrogen-bond donors (Lipinski definition) is 0. The van der Waals surface area contributed by atoms with Gasteiger partial charge in [0.25, 0.3) is 0 Å². The summed E-state index contributed by atoms with van der Waals surface area (Å²) < 4.78 is 2.67. The topological polar surface area (TPSA) is 11.4 Å². The van der Waals surface area contributed by atoms with Crippen molar-refractivity contribution in [2.45, 2.75) is 124 Å². The summed E-state index contributed by atoms with van der Waals surface area (Å²) in [5.74, 6) is 0. The van der Waals surface area contributed by atoms with Crippen LogP contribution in [0.3, 0.4) is 0 Å². The Bertz CT molecular complexity index is 3300. The molecule has 11 rings (SSSR count). The lowest BCUT2D eigenvalue weighted by Gasteiger charge is -2.46. The van der Waals surface area contributed by atoms with Gasteiger partial charge in [0.15, 0.2) is 0 Å². The van der Waals surface area contributed by atoms with Gasteiger partial charge >= 0.3 is 6.85 Å². The minimum Gasteiger partial charge on any atom is -0.379 e. The fraction of sp³-hybridized carbons (Fsp3) is 0.302. The molecule has 4 heteroatoms. The van der Waals surface area contributed by atoms with Crippen LogP contribution in [0, 0.1) is 0 Å². The molecule has 3 aliphatic rings. The first kappa shape index (κ1) is 43.3. The monoisotopic (exact) mass is 876 g/mol. The lowest BCUT2D eigenvalue weighted by atomic mass is 9.43. The van der Waals surface area contributed by atoms with E-state index in [1.807, 2.05) is 0 Å². The molecule has 0 fully saturated rings. The number of para-hydroxylation sites is 2. The Morgan fingerprint density at radius 3 is 1.63 bits per heavy atom. The summed E-state index contributed by atoms with van der Waals surface area (Å²) in [6, 6.07) is 56.2. The van der Waals surface area contributed by atoms with Crippen LogP contribution in [0.4, 0.5) is 22.7 Å². The van der Waals surface area contributed by atoms with Gasteiger partial charge in [0.1, 0.15) is 0 Å². The van der Waals surface area contributed by atoms with Crippen molar-refractivity contribution in [2.75, 3.05) is 9.71 Å². The molecule has 7 aromatic carbocycles. The third-order valence-corrected chi connectivity index (χ3v) is 15.3. The van der Waals surface area contributed by atoms with E-state index in [4.69, 9.17) is 0 Å². The van der Waals surface area contributed by atoms with Gasteiger partial charge in [0.2, 0.25) is 0 Å². The normalized spacial score (nSPS) is 15.3. The predicted octanol–water partition coefficient (Wildman–Crippen LogP) is 15.4. The third kappa shape index (κ3) is 6.52. The van der Waals surface area contributed by atoms with Crippen LogP contribution in [-0.4, -0.2) is 11.4 Å². The largest absolute Gasteiger partial charge is 0.379 e. The van der Waals surface area contributed by atoms with Crippen LogP contribution in [0.1, 0.15) is 136 Å². The highest BCUT2D eigenvalue weighted by Crippen LogP contribution is 2.56. The smallest absolute Gasteiger partial charge is 0.332 e. The maximum atomic E-state index is 2.78. The van der Waals surface area contributed by atoms with E-state index < -0.39 is 0 Å². The molecule has 2 aliphatic heterocycles. The molecule has 3 heterocycles. The average Bonchev–Trinajstić information content (AvgIpc) is 3.74. The highest BCUT2D eigenvalue weighted by atomic mass is 15.2. The Hall–Kier alpha value is -6.26. The summed E-state index contributed by atoms with van der Waals surface area (Å²) >= 11 is 0. The molecule has 0 saturated carbocycles. The Morgan fingerprint density at radius 1 is 0.507 bits per heavy atom. The van der Waals surface area contributed by atoms with Crippen molar-refractivity contribution in [1.82, 2.24) is 4.57 Å². The van der Waals surface area contributed by atoms with Gasteiger partial charge in [-0.25, -0.2) is 0 Å². The van der Waals surface area contributed by atoms with Crippen molar-refractivity contribution in [3.63, 3.8) is 0 Å². The highest BCUT2D eigenvalue weighted by Gasteiger charge is 2.52. The average molecular weight is 876 g/mol. The number of hydrogen-bond acceptors (Lipinski definition) is 2. The summed E-state index contributed by atoms with van der Waals surface area (Å²) in [7, 11) is 0. The van der Waals surface area contributed by atoms with E-state index in [9.17, 15) is 0 Å². The molecule has 336 valence electrons. The minimum absolute atomic E-state index is 0.000444. The molecule has 8 aromatic rings. The summed E-state index contributed by atoms with van der Waals surface area (Å²) in [5.41, 5.74) is 23.1. The summed E-state index contributed by atoms with van der Waals surface area (Å²) in [4.78, 5) is 5.26. The zero-order valence-electron chi connectivity index (χ0n) is 42.3. The van der Waals surface area contributed by atoms with Crippen molar-refractivity contribution in [1.29, 1.82) is 0 Å². The Labute approximate surface area is 400 Å². The molecule has 0 amide bonds. The van der Waals surface area contributed by atoms with Gasteiger partial charge in [-0.15, -0.1) is 0 Å². The third-order valence-electron chi connectivity index (χ3n) is 15.3. The standard InChI is InChI=1S/C63H66BN3/c1-59(2,3)39-25-29-45(30-26-39)67-58-54(46-35-40(60(4,5)6)27-31-49(46)63(58,13)14)48-37-42(62(10,11)12)38-53-56(48)64(67)50-32-34-52(65(43-21-17-15-18-22-43)44-23-19-16-20-24-44)55-47-36-41(61(7,8)9)28-33-51(47)66(53)57(50)55/h15-38H,1-14H3. The minimum atomic E-state index is -0.290. The van der Waals surface area contributed by atoms with Crippen LogP contribution < -0.4 is 20.6 Å². The van der Waals surface area contributed by atoms with Gasteiger partial charge in [-0.05, 0) is 132 Å². The van der Waals surface area contributed by atoms with Crippen LogP contribution in [-0.2, 0) is 27.1 Å². The predicted molar refractivity (Wildman–Crippen MR) is 290 cm³/mol. The van der Waals surface area contributed by atoms with Crippen molar-refractivity contribution in [3.05, 3.63) is 190 Å². The molecule has 67 heavy (non-hydrogen) atoms. The lowest BCUT2D eigenvalue weighted by Crippen LogP contribution is -2.63. The first-order valence-corrected chi connectivity index (χ1v) is 24.6. The molecular formula is C63H66BN3. The molecule has 3 nitrogen and oxygen atoms in total. The second kappa shape index (κ2) is 14.4. The first-order chi connectivity index (χ1) is 31.5. The fourth-order valence-electron chi connectivity index (χ4n) is 11.6. The zero-order valence-corrected chi connectivity index (χ0v) is 42.3. The lowest BCUT2D eigenvalue weighted by molar-refractivity contribution is 0.587. The molecule has 0 unspecified atom stereocenters. The van der Waals surface area contributed by atoms with Crippen molar-refractivity contribution in [2.24, 2.45) is 0 Å². The van der Waals surface area contributed by atoms with E-state index in [-0.39, 0.29) is 33.9 Å². The first-order valence-electron chi connectivity index (χ1n) is 24.6. The highest BCUT2D eigenvalue weighted by molar-refractivity contribution is 6.92. The second-order valence-corrected chi connectivity index (χ2v) is 24.4. The number of fused-ring (bicyclic) bond motifs is 8. The maximum absolute atomic E-state index is 2.78. The summed E-state index contributed by atoms with van der Waals surface area (Å²) in [6.45, 7) is 33.0. The SMILES string of the molecule is CC(C)(C)c1ccc(N2B3c4c(cc(C(C)(C)C)cc4-n4c5ccc(C(C)(C)C)cc5c5c(N(c6ccccc6)c6ccccc6)ccc3c54)C3=C2C(C)(C)c2ccc(C(C)(C)C)cc23)cc1. The Morgan fingerprint density at radius 2 is 1.04 bits per heavy atom. The molecule has 0 radical (unpaired) electrons. The van der Waals surface area contributed by atoms with Gasteiger partial charge in [-0.3, -0.25) is 0 Å². The molecule has 0 atom stereocenters. The Balaban J connectivity index is 1.33. The number of allylic oxidation sites excluding steroid dienone is 1. The number of benzene rings is 7. The van der Waals surface area contributed by atoms with Crippen LogP contribution in [0.2, 0.25) is 0 Å². The fourth-order valence-corrected chi connectivity index (χ4v) is 11.6. The van der Waals surface area contributed by atoms with Crippen molar-refractivity contribution >= 4 is 67.9 Å². The quantitative estimate of drug-likeness (QED) is 0.163. The van der Waals surface area contributed by atoms with Gasteiger partial charge in [-0.2, -0.15) is 0 Å². The van der Waals surface area contributed by atoms with Crippen LogP contribution >= 0.6 is 0 Å². The van der Waals surface area contributed by atoms with Gasteiger partial charge < -0.3 is 14.3 Å². The van der Waals surface area contributed by atoms with E-state index in [0.717, 1.165) is 11.4 Å². The van der Waals surface area contributed by atoms with Gasteiger partial charge in [-0.1, -0.05) is 182 Å². The van der Waals surface area contributed by atoms with Crippen molar-refractivity contribution in [3.8, 4) is 5.69 Å². The molecule has 0 saturated heterocycles. The number of anilines is 4. The number of rotatable bonds is 4. The number of nitrogens with zero attached hydrogens (tertiary/aromatic N) is 3. The molecule has 0 N–H and O–H groups in total. The van der Waals surface area contributed by atoms with E-state index in [0.29, 0.717) is 0 Å². The maximum Gasteiger partial charge on any atom is 0.332 e. The van der Waals surface area contributed by atoms with E-state index >= 15 is 0 Å². The van der Waals surface area contributed by atoms with E-state index in [1.165, 1.54) is 100 Å².